The highest BCUT2D eigenvalue weighted by Gasteiger charge is 2.16. The summed E-state index contributed by atoms with van der Waals surface area (Å²) in [5.74, 6) is 0.422. The molecule has 0 radical (unpaired) electrons. The molecule has 2 heterocycles. The van der Waals surface area contributed by atoms with Crippen LogP contribution in [0.5, 0.6) is 5.75 Å². The summed E-state index contributed by atoms with van der Waals surface area (Å²) >= 11 is 1.19. The minimum atomic E-state index is -0.233. The number of hydrogen-bond acceptors (Lipinski definition) is 5. The zero-order valence-corrected chi connectivity index (χ0v) is 14.2. The number of anilines is 1. The van der Waals surface area contributed by atoms with Gasteiger partial charge in [0.1, 0.15) is 12.4 Å². The molecule has 1 fully saturated rings. The van der Waals surface area contributed by atoms with E-state index in [1.165, 1.54) is 18.3 Å². The number of benzene rings is 1. The second-order valence-corrected chi connectivity index (χ2v) is 6.73. The summed E-state index contributed by atoms with van der Waals surface area (Å²) in [6.07, 6.45) is 2.25. The van der Waals surface area contributed by atoms with Crippen LogP contribution in [0.4, 0.5) is 5.69 Å². The fourth-order valence-electron chi connectivity index (χ4n) is 2.47. The molecule has 1 atom stereocenters. The van der Waals surface area contributed by atoms with Gasteiger partial charge in [0.05, 0.1) is 15.9 Å². The molecular weight excluding hydrogens is 326 g/mol. The van der Waals surface area contributed by atoms with E-state index in [-0.39, 0.29) is 17.8 Å². The van der Waals surface area contributed by atoms with Gasteiger partial charge in [-0.2, -0.15) is 0 Å². The van der Waals surface area contributed by atoms with Crippen LogP contribution in [-0.4, -0.2) is 31.0 Å². The standard InChI is InChI=1S/C18H19NO4S/c1-12(20)16-7-8-17(24-16)18(21)19-13-4-2-5-14(10-13)23-11-15-6-3-9-22-15/h2,4-5,7-8,10,15H,3,6,9,11H2,1H3,(H,19,21)/t15-/m1/s1. The van der Waals surface area contributed by atoms with Crippen LogP contribution >= 0.6 is 11.3 Å². The van der Waals surface area contributed by atoms with Crippen molar-refractivity contribution in [3.05, 3.63) is 46.2 Å². The second kappa shape index (κ2) is 7.59. The van der Waals surface area contributed by atoms with E-state index in [4.69, 9.17) is 9.47 Å². The van der Waals surface area contributed by atoms with Crippen LogP contribution in [0.2, 0.25) is 0 Å². The molecule has 126 valence electrons. The summed E-state index contributed by atoms with van der Waals surface area (Å²) in [4.78, 5) is 24.7. The number of carbonyl (C=O) groups is 2. The van der Waals surface area contributed by atoms with Gasteiger partial charge in [0.15, 0.2) is 5.78 Å². The van der Waals surface area contributed by atoms with Gasteiger partial charge in [0.2, 0.25) is 0 Å². The predicted molar refractivity (Wildman–Crippen MR) is 93.2 cm³/mol. The van der Waals surface area contributed by atoms with E-state index in [9.17, 15) is 9.59 Å². The number of ketones is 1. The molecule has 24 heavy (non-hydrogen) atoms. The first-order valence-corrected chi connectivity index (χ1v) is 8.70. The van der Waals surface area contributed by atoms with Crippen molar-refractivity contribution in [1.82, 2.24) is 0 Å². The van der Waals surface area contributed by atoms with E-state index in [1.54, 1.807) is 24.3 Å². The number of nitrogens with one attached hydrogen (secondary N) is 1. The summed E-state index contributed by atoms with van der Waals surface area (Å²) in [6.45, 7) is 2.81. The summed E-state index contributed by atoms with van der Waals surface area (Å²) in [7, 11) is 0. The van der Waals surface area contributed by atoms with Gasteiger partial charge in [-0.3, -0.25) is 9.59 Å². The van der Waals surface area contributed by atoms with E-state index < -0.39 is 0 Å². The smallest absolute Gasteiger partial charge is 0.265 e. The molecule has 0 aliphatic carbocycles. The Morgan fingerprint density at radius 1 is 1.29 bits per heavy atom. The molecule has 1 aliphatic rings. The number of carbonyl (C=O) groups excluding carboxylic acids is 2. The molecule has 1 amide bonds. The number of rotatable bonds is 6. The zero-order chi connectivity index (χ0) is 16.9. The van der Waals surface area contributed by atoms with E-state index in [0.717, 1.165) is 19.4 Å². The quantitative estimate of drug-likeness (QED) is 0.810. The maximum absolute atomic E-state index is 12.3. The van der Waals surface area contributed by atoms with Crippen molar-refractivity contribution < 1.29 is 19.1 Å². The number of ether oxygens (including phenoxy) is 2. The summed E-state index contributed by atoms with van der Waals surface area (Å²) in [5.41, 5.74) is 0.655. The first-order chi connectivity index (χ1) is 11.6. The fourth-order valence-corrected chi connectivity index (χ4v) is 3.27. The van der Waals surface area contributed by atoms with Gasteiger partial charge in [-0.1, -0.05) is 6.07 Å². The van der Waals surface area contributed by atoms with Crippen molar-refractivity contribution in [3.8, 4) is 5.75 Å². The van der Waals surface area contributed by atoms with Crippen molar-refractivity contribution in [2.24, 2.45) is 0 Å². The highest BCUT2D eigenvalue weighted by atomic mass is 32.1. The van der Waals surface area contributed by atoms with E-state index >= 15 is 0 Å². The van der Waals surface area contributed by atoms with Crippen LogP contribution in [0.15, 0.2) is 36.4 Å². The second-order valence-electron chi connectivity index (χ2n) is 5.65. The average molecular weight is 345 g/mol. The van der Waals surface area contributed by atoms with Crippen molar-refractivity contribution >= 4 is 28.7 Å². The normalized spacial score (nSPS) is 16.8. The van der Waals surface area contributed by atoms with Gasteiger partial charge in [-0.25, -0.2) is 0 Å². The molecule has 0 bridgehead atoms. The Bertz CT molecular complexity index is 734. The predicted octanol–water partition coefficient (Wildman–Crippen LogP) is 3.76. The first-order valence-electron chi connectivity index (χ1n) is 7.88. The molecule has 1 saturated heterocycles. The van der Waals surface area contributed by atoms with Gasteiger partial charge < -0.3 is 14.8 Å². The van der Waals surface area contributed by atoms with E-state index in [0.29, 0.717) is 27.8 Å². The third-order valence-corrected chi connectivity index (χ3v) is 4.91. The molecule has 1 N–H and O–H groups in total. The lowest BCUT2D eigenvalue weighted by Crippen LogP contribution is -2.16. The number of amides is 1. The highest BCUT2D eigenvalue weighted by molar-refractivity contribution is 7.16. The summed E-state index contributed by atoms with van der Waals surface area (Å²) in [6, 6.07) is 10.6. The molecule has 6 heteroatoms. The largest absolute Gasteiger partial charge is 0.491 e. The first kappa shape index (κ1) is 16.7. The summed E-state index contributed by atoms with van der Waals surface area (Å²) < 4.78 is 11.3. The Hall–Kier alpha value is -2.18. The maximum atomic E-state index is 12.3. The highest BCUT2D eigenvalue weighted by Crippen LogP contribution is 2.22. The molecule has 1 aliphatic heterocycles. The molecule has 2 aromatic rings. The van der Waals surface area contributed by atoms with Crippen LogP contribution in [-0.2, 0) is 4.74 Å². The van der Waals surface area contributed by atoms with E-state index in [2.05, 4.69) is 5.32 Å². The van der Waals surface area contributed by atoms with Crippen molar-refractivity contribution in [1.29, 1.82) is 0 Å². The lowest BCUT2D eigenvalue weighted by atomic mass is 10.2. The minimum Gasteiger partial charge on any atom is -0.491 e. The number of thiophene rings is 1. The van der Waals surface area contributed by atoms with Crippen molar-refractivity contribution in [3.63, 3.8) is 0 Å². The Morgan fingerprint density at radius 2 is 2.12 bits per heavy atom. The monoisotopic (exact) mass is 345 g/mol. The van der Waals surface area contributed by atoms with Gasteiger partial charge in [-0.05, 0) is 44.0 Å². The van der Waals surface area contributed by atoms with Crippen LogP contribution < -0.4 is 10.1 Å². The van der Waals surface area contributed by atoms with Crippen LogP contribution in [0.1, 0.15) is 39.1 Å². The van der Waals surface area contributed by atoms with E-state index in [1.807, 2.05) is 12.1 Å². The lowest BCUT2D eigenvalue weighted by molar-refractivity contribution is 0.0680. The maximum Gasteiger partial charge on any atom is 0.265 e. The molecular formula is C18H19NO4S. The topological polar surface area (TPSA) is 64.6 Å². The van der Waals surface area contributed by atoms with Crippen LogP contribution in [0, 0.1) is 0 Å². The van der Waals surface area contributed by atoms with Crippen molar-refractivity contribution in [2.75, 3.05) is 18.5 Å². The number of Topliss-reactive ketones (excluding diaryl/α,β-unsaturated/α-hetero) is 1. The molecule has 5 nitrogen and oxygen atoms in total. The van der Waals surface area contributed by atoms with Crippen LogP contribution in [0.25, 0.3) is 0 Å². The molecule has 3 rings (SSSR count). The zero-order valence-electron chi connectivity index (χ0n) is 13.4. The molecule has 0 spiro atoms. The Kier molecular flexibility index (Phi) is 5.27. The molecule has 1 aromatic heterocycles. The SMILES string of the molecule is CC(=O)c1ccc(C(=O)Nc2cccc(OC[C@H]3CCCO3)c2)s1. The summed E-state index contributed by atoms with van der Waals surface area (Å²) in [5, 5.41) is 2.83. The average Bonchev–Trinajstić information content (AvgIpc) is 3.25. The Balaban J connectivity index is 1.60. The van der Waals surface area contributed by atoms with Gasteiger partial charge in [0.25, 0.3) is 5.91 Å². The Morgan fingerprint density at radius 3 is 2.83 bits per heavy atom. The number of hydrogen-bond donors (Lipinski definition) is 1. The van der Waals surface area contributed by atoms with Gasteiger partial charge >= 0.3 is 0 Å². The molecule has 0 saturated carbocycles. The third kappa shape index (κ3) is 4.21. The molecule has 0 unspecified atom stereocenters. The Labute approximate surface area is 144 Å². The fraction of sp³-hybridized carbons (Fsp3) is 0.333. The van der Waals surface area contributed by atoms with Crippen molar-refractivity contribution in [2.45, 2.75) is 25.9 Å². The third-order valence-electron chi connectivity index (χ3n) is 3.73. The minimum absolute atomic E-state index is 0.0384. The van der Waals surface area contributed by atoms with Crippen LogP contribution in [0.3, 0.4) is 0 Å². The molecule has 1 aromatic carbocycles. The lowest BCUT2D eigenvalue weighted by Gasteiger charge is -2.12. The van der Waals surface area contributed by atoms with Gasteiger partial charge in [0, 0.05) is 18.4 Å². The van der Waals surface area contributed by atoms with Gasteiger partial charge in [-0.15, -0.1) is 11.3 Å².